The average molecular weight is 280 g/mol. The van der Waals surface area contributed by atoms with Crippen LogP contribution < -0.4 is 15.2 Å². The van der Waals surface area contributed by atoms with Gasteiger partial charge in [0, 0.05) is 17.1 Å². The second-order valence-corrected chi connectivity index (χ2v) is 4.71. The highest BCUT2D eigenvalue weighted by molar-refractivity contribution is 5.89. The molecule has 0 unspecified atom stereocenters. The Bertz CT molecular complexity index is 800. The number of para-hydroxylation sites is 1. The molecule has 0 amide bonds. The average Bonchev–Trinajstić information content (AvgIpc) is 2.53. The topological polar surface area (TPSA) is 57.4 Å². The molecule has 0 radical (unpaired) electrons. The summed E-state index contributed by atoms with van der Waals surface area (Å²) in [4.78, 5) is 4.10. The molecular formula is C17H16N2O2. The number of hydrogen-bond donors (Lipinski definition) is 1. The summed E-state index contributed by atoms with van der Waals surface area (Å²) in [6.07, 6.45) is 1.78. The summed E-state index contributed by atoms with van der Waals surface area (Å²) in [6, 6.07) is 13.8. The number of fused-ring (bicyclic) bond motifs is 1. The maximum absolute atomic E-state index is 5.76. The lowest BCUT2D eigenvalue weighted by molar-refractivity contribution is 0.356. The van der Waals surface area contributed by atoms with Gasteiger partial charge in [0.15, 0.2) is 11.5 Å². The molecular weight excluding hydrogens is 264 g/mol. The first-order valence-electron chi connectivity index (χ1n) is 6.59. The van der Waals surface area contributed by atoms with E-state index in [1.54, 1.807) is 20.4 Å². The Balaban J connectivity index is 2.20. The fourth-order valence-electron chi connectivity index (χ4n) is 2.44. The fraction of sp³-hybridized carbons (Fsp3) is 0.118. The molecule has 0 aliphatic rings. The van der Waals surface area contributed by atoms with Crippen LogP contribution in [0.1, 0.15) is 0 Å². The van der Waals surface area contributed by atoms with Gasteiger partial charge in [-0.05, 0) is 29.1 Å². The van der Waals surface area contributed by atoms with Crippen LogP contribution in [0.25, 0.3) is 21.9 Å². The molecule has 3 rings (SSSR count). The minimum atomic E-state index is 0.511. The SMILES string of the molecule is COc1cccc(-c2ccc3cnc(N)cc3c2)c1OC. The summed E-state index contributed by atoms with van der Waals surface area (Å²) in [7, 11) is 3.28. The molecule has 3 aromatic rings. The van der Waals surface area contributed by atoms with E-state index < -0.39 is 0 Å². The van der Waals surface area contributed by atoms with Crippen LogP contribution in [-0.2, 0) is 0 Å². The number of aromatic nitrogens is 1. The Morgan fingerprint density at radius 1 is 0.952 bits per heavy atom. The number of methoxy groups -OCH3 is 2. The monoisotopic (exact) mass is 280 g/mol. The van der Waals surface area contributed by atoms with Crippen molar-refractivity contribution in [3.05, 3.63) is 48.7 Å². The highest BCUT2D eigenvalue weighted by atomic mass is 16.5. The molecule has 106 valence electrons. The lowest BCUT2D eigenvalue weighted by Crippen LogP contribution is -1.93. The third kappa shape index (κ3) is 2.36. The van der Waals surface area contributed by atoms with E-state index in [2.05, 4.69) is 11.1 Å². The van der Waals surface area contributed by atoms with Gasteiger partial charge in [-0.25, -0.2) is 4.98 Å². The van der Waals surface area contributed by atoms with Gasteiger partial charge in [0.05, 0.1) is 14.2 Å². The predicted molar refractivity (Wildman–Crippen MR) is 84.7 cm³/mol. The summed E-state index contributed by atoms with van der Waals surface area (Å²) in [6.45, 7) is 0. The van der Waals surface area contributed by atoms with Crippen molar-refractivity contribution in [2.45, 2.75) is 0 Å². The fourth-order valence-corrected chi connectivity index (χ4v) is 2.44. The molecule has 1 heterocycles. The van der Waals surface area contributed by atoms with Gasteiger partial charge in [0.25, 0.3) is 0 Å². The Labute approximate surface area is 123 Å². The van der Waals surface area contributed by atoms with Crippen molar-refractivity contribution in [2.24, 2.45) is 0 Å². The standard InChI is InChI=1S/C17H16N2O2/c1-20-15-5-3-4-14(17(15)21-2)11-6-7-12-10-19-16(18)9-13(12)8-11/h3-10H,1-2H3,(H2,18,19). The van der Waals surface area contributed by atoms with Crippen molar-refractivity contribution in [3.63, 3.8) is 0 Å². The molecule has 4 nitrogen and oxygen atoms in total. The van der Waals surface area contributed by atoms with Crippen molar-refractivity contribution in [1.29, 1.82) is 0 Å². The van der Waals surface area contributed by atoms with Crippen LogP contribution in [0, 0.1) is 0 Å². The van der Waals surface area contributed by atoms with Crippen molar-refractivity contribution in [2.75, 3.05) is 20.0 Å². The summed E-state index contributed by atoms with van der Waals surface area (Å²) >= 11 is 0. The third-order valence-electron chi connectivity index (χ3n) is 3.46. The molecule has 0 bridgehead atoms. The van der Waals surface area contributed by atoms with Gasteiger partial charge in [-0.2, -0.15) is 0 Å². The van der Waals surface area contributed by atoms with Crippen LogP contribution in [0.15, 0.2) is 48.7 Å². The molecule has 0 aliphatic carbocycles. The molecule has 2 N–H and O–H groups in total. The van der Waals surface area contributed by atoms with E-state index in [4.69, 9.17) is 15.2 Å². The van der Waals surface area contributed by atoms with Gasteiger partial charge in [-0.3, -0.25) is 0 Å². The van der Waals surface area contributed by atoms with E-state index in [1.807, 2.05) is 36.4 Å². The first kappa shape index (κ1) is 13.2. The summed E-state index contributed by atoms with van der Waals surface area (Å²) < 4.78 is 10.8. The van der Waals surface area contributed by atoms with Gasteiger partial charge in [0.1, 0.15) is 5.82 Å². The minimum Gasteiger partial charge on any atom is -0.493 e. The van der Waals surface area contributed by atoms with Gasteiger partial charge in [0.2, 0.25) is 0 Å². The molecule has 21 heavy (non-hydrogen) atoms. The number of hydrogen-bond acceptors (Lipinski definition) is 4. The zero-order valence-corrected chi connectivity index (χ0v) is 12.0. The Morgan fingerprint density at radius 2 is 1.81 bits per heavy atom. The van der Waals surface area contributed by atoms with E-state index >= 15 is 0 Å². The Hall–Kier alpha value is -2.75. The smallest absolute Gasteiger partial charge is 0.168 e. The quantitative estimate of drug-likeness (QED) is 0.797. The van der Waals surface area contributed by atoms with Crippen LogP contribution in [-0.4, -0.2) is 19.2 Å². The van der Waals surface area contributed by atoms with E-state index in [9.17, 15) is 0 Å². The summed E-state index contributed by atoms with van der Waals surface area (Å²) in [5.74, 6) is 1.95. The molecule has 4 heteroatoms. The third-order valence-corrected chi connectivity index (χ3v) is 3.46. The lowest BCUT2D eigenvalue weighted by atomic mass is 10.0. The van der Waals surface area contributed by atoms with Crippen LogP contribution in [0.5, 0.6) is 11.5 Å². The molecule has 0 saturated carbocycles. The van der Waals surface area contributed by atoms with Crippen LogP contribution in [0.3, 0.4) is 0 Å². The lowest BCUT2D eigenvalue weighted by Gasteiger charge is -2.13. The van der Waals surface area contributed by atoms with Crippen LogP contribution >= 0.6 is 0 Å². The second kappa shape index (κ2) is 5.32. The number of nitrogen functional groups attached to an aromatic ring is 1. The van der Waals surface area contributed by atoms with Crippen molar-refractivity contribution < 1.29 is 9.47 Å². The number of pyridine rings is 1. The van der Waals surface area contributed by atoms with Crippen LogP contribution in [0.2, 0.25) is 0 Å². The molecule has 2 aromatic carbocycles. The van der Waals surface area contributed by atoms with Gasteiger partial charge >= 0.3 is 0 Å². The maximum Gasteiger partial charge on any atom is 0.168 e. The number of benzene rings is 2. The summed E-state index contributed by atoms with van der Waals surface area (Å²) in [5, 5.41) is 2.10. The highest BCUT2D eigenvalue weighted by Gasteiger charge is 2.11. The number of nitrogens with zero attached hydrogens (tertiary/aromatic N) is 1. The normalized spacial score (nSPS) is 10.6. The molecule has 0 aliphatic heterocycles. The minimum absolute atomic E-state index is 0.511. The maximum atomic E-state index is 5.76. The van der Waals surface area contributed by atoms with Gasteiger partial charge in [-0.1, -0.05) is 24.3 Å². The van der Waals surface area contributed by atoms with E-state index in [0.717, 1.165) is 27.6 Å². The van der Waals surface area contributed by atoms with Crippen molar-refractivity contribution >= 4 is 16.6 Å². The van der Waals surface area contributed by atoms with E-state index in [0.29, 0.717) is 11.6 Å². The largest absolute Gasteiger partial charge is 0.493 e. The first-order chi connectivity index (χ1) is 10.2. The van der Waals surface area contributed by atoms with Crippen LogP contribution in [0.4, 0.5) is 5.82 Å². The molecule has 0 saturated heterocycles. The van der Waals surface area contributed by atoms with E-state index in [1.165, 1.54) is 0 Å². The zero-order chi connectivity index (χ0) is 14.8. The molecule has 0 spiro atoms. The second-order valence-electron chi connectivity index (χ2n) is 4.71. The van der Waals surface area contributed by atoms with Gasteiger partial charge in [-0.15, -0.1) is 0 Å². The molecule has 1 aromatic heterocycles. The number of anilines is 1. The van der Waals surface area contributed by atoms with Gasteiger partial charge < -0.3 is 15.2 Å². The first-order valence-corrected chi connectivity index (χ1v) is 6.59. The zero-order valence-electron chi connectivity index (χ0n) is 12.0. The predicted octanol–water partition coefficient (Wildman–Crippen LogP) is 3.50. The molecule has 0 fully saturated rings. The Morgan fingerprint density at radius 3 is 2.57 bits per heavy atom. The number of nitrogens with two attached hydrogens (primary N) is 1. The van der Waals surface area contributed by atoms with E-state index in [-0.39, 0.29) is 0 Å². The number of ether oxygens (including phenoxy) is 2. The highest BCUT2D eigenvalue weighted by Crippen LogP contribution is 2.38. The van der Waals surface area contributed by atoms with Crippen molar-refractivity contribution in [1.82, 2.24) is 4.98 Å². The Kier molecular flexibility index (Phi) is 3.36. The van der Waals surface area contributed by atoms with Crippen molar-refractivity contribution in [3.8, 4) is 22.6 Å². The summed E-state index contributed by atoms with van der Waals surface area (Å²) in [5.41, 5.74) is 7.78. The number of rotatable bonds is 3. The molecule has 0 atom stereocenters.